The fourth-order valence-electron chi connectivity index (χ4n) is 7.16. The molecule has 0 atom stereocenters. The van der Waals surface area contributed by atoms with Crippen molar-refractivity contribution >= 4 is 47.1 Å². The second kappa shape index (κ2) is 27.7. The highest BCUT2D eigenvalue weighted by atomic mass is 16.5. The Hall–Kier alpha value is -8.98. The zero-order valence-corrected chi connectivity index (χ0v) is 42.6. The number of benzene rings is 4. The summed E-state index contributed by atoms with van der Waals surface area (Å²) in [6.07, 6.45) is -0.622. The minimum absolute atomic E-state index is 0.129. The van der Waals surface area contributed by atoms with Gasteiger partial charge in [-0.05, 0) is 97.1 Å². The molecular formula is C54H60N10O11. The van der Waals surface area contributed by atoms with Crippen molar-refractivity contribution in [2.75, 3.05) is 92.6 Å². The van der Waals surface area contributed by atoms with Gasteiger partial charge in [-0.3, -0.25) is 28.8 Å². The molecule has 392 valence electrons. The SMILES string of the molecule is COc1ccc(-c2cc(NC(=O)CCC(=O)N(C)CC(=O)NCCOCCNC(=O)CN(C)C(=O)CCC(=O)Nc3cc(-c4ccc(OC)cc4)nc(-c4ccc(OC)cc4)n3)nc(-c3ccc(OC)cc3)n2)cc1. The summed E-state index contributed by atoms with van der Waals surface area (Å²) in [5, 5.41) is 10.9. The van der Waals surface area contributed by atoms with Gasteiger partial charge >= 0.3 is 0 Å². The Morgan fingerprint density at radius 2 is 0.747 bits per heavy atom. The number of likely N-dealkylation sites (N-methyl/N-ethyl adjacent to an activating group) is 2. The molecule has 0 aliphatic rings. The van der Waals surface area contributed by atoms with Crippen LogP contribution in [0.1, 0.15) is 25.7 Å². The third-order valence-electron chi connectivity index (χ3n) is 11.3. The maximum absolute atomic E-state index is 13.0. The van der Waals surface area contributed by atoms with Gasteiger partial charge in [0.25, 0.3) is 0 Å². The van der Waals surface area contributed by atoms with Crippen LogP contribution in [0.5, 0.6) is 23.0 Å². The van der Waals surface area contributed by atoms with Gasteiger partial charge in [0.15, 0.2) is 11.6 Å². The summed E-state index contributed by atoms with van der Waals surface area (Å²) in [5.41, 5.74) is 4.05. The van der Waals surface area contributed by atoms with E-state index >= 15 is 0 Å². The van der Waals surface area contributed by atoms with Crippen LogP contribution in [0.3, 0.4) is 0 Å². The summed E-state index contributed by atoms with van der Waals surface area (Å²) < 4.78 is 26.6. The van der Waals surface area contributed by atoms with E-state index in [2.05, 4.69) is 31.2 Å². The minimum atomic E-state index is -0.450. The molecule has 0 saturated carbocycles. The monoisotopic (exact) mass is 1020 g/mol. The molecule has 2 aromatic heterocycles. The Morgan fingerprint density at radius 3 is 1.07 bits per heavy atom. The molecular weight excluding hydrogens is 965 g/mol. The van der Waals surface area contributed by atoms with E-state index < -0.39 is 35.4 Å². The first-order chi connectivity index (χ1) is 36.2. The topological polar surface area (TPSA) is 255 Å². The molecule has 0 spiro atoms. The van der Waals surface area contributed by atoms with Gasteiger partial charge in [0.1, 0.15) is 34.6 Å². The smallest absolute Gasteiger partial charge is 0.239 e. The van der Waals surface area contributed by atoms with Crippen molar-refractivity contribution in [3.8, 4) is 68.3 Å². The van der Waals surface area contributed by atoms with Gasteiger partial charge in [-0.1, -0.05) is 0 Å². The number of amides is 6. The minimum Gasteiger partial charge on any atom is -0.497 e. The predicted molar refractivity (Wildman–Crippen MR) is 280 cm³/mol. The summed E-state index contributed by atoms with van der Waals surface area (Å²) >= 11 is 0. The molecule has 6 amide bonds. The molecule has 0 aliphatic carbocycles. The number of hydrogen-bond donors (Lipinski definition) is 4. The van der Waals surface area contributed by atoms with Crippen molar-refractivity contribution in [3.63, 3.8) is 0 Å². The summed E-state index contributed by atoms with van der Waals surface area (Å²) in [7, 11) is 9.23. The van der Waals surface area contributed by atoms with Crippen molar-refractivity contribution in [3.05, 3.63) is 109 Å². The fraction of sp³-hybridized carbons (Fsp3) is 0.296. The molecule has 21 nitrogen and oxygen atoms in total. The van der Waals surface area contributed by atoms with Crippen molar-refractivity contribution in [2.24, 2.45) is 0 Å². The van der Waals surface area contributed by atoms with Crippen LogP contribution < -0.4 is 40.2 Å². The van der Waals surface area contributed by atoms with Crippen LogP contribution in [0.4, 0.5) is 11.6 Å². The quantitative estimate of drug-likeness (QED) is 0.0505. The number of hydrogen-bond acceptors (Lipinski definition) is 15. The fourth-order valence-corrected chi connectivity index (χ4v) is 7.16. The number of carbonyl (C=O) groups is 6. The molecule has 4 N–H and O–H groups in total. The van der Waals surface area contributed by atoms with Gasteiger partial charge in [-0.15, -0.1) is 0 Å². The molecule has 0 bridgehead atoms. The van der Waals surface area contributed by atoms with Crippen LogP contribution in [0.25, 0.3) is 45.3 Å². The molecule has 0 fully saturated rings. The zero-order chi connectivity index (χ0) is 53.7. The lowest BCUT2D eigenvalue weighted by Crippen LogP contribution is -2.40. The van der Waals surface area contributed by atoms with Crippen molar-refractivity contribution < 1.29 is 52.5 Å². The highest BCUT2D eigenvalue weighted by Gasteiger charge is 2.19. The molecule has 21 heteroatoms. The summed E-state index contributed by atoms with van der Waals surface area (Å²) in [6.45, 7) is 0.0613. The Balaban J connectivity index is 0.855. The van der Waals surface area contributed by atoms with Gasteiger partial charge in [-0.25, -0.2) is 19.9 Å². The molecule has 0 aliphatic heterocycles. The first kappa shape index (κ1) is 55.3. The highest BCUT2D eigenvalue weighted by Crippen LogP contribution is 2.29. The van der Waals surface area contributed by atoms with Gasteiger partial charge < -0.3 is 54.8 Å². The van der Waals surface area contributed by atoms with E-state index in [1.807, 2.05) is 48.5 Å². The Labute approximate surface area is 434 Å². The van der Waals surface area contributed by atoms with E-state index in [9.17, 15) is 28.8 Å². The van der Waals surface area contributed by atoms with Crippen LogP contribution in [0.2, 0.25) is 0 Å². The largest absolute Gasteiger partial charge is 0.497 e. The van der Waals surface area contributed by atoms with E-state index in [-0.39, 0.29) is 76.7 Å². The summed E-state index contributed by atoms with van der Waals surface area (Å²) in [4.78, 5) is 98.0. The zero-order valence-electron chi connectivity index (χ0n) is 42.6. The summed E-state index contributed by atoms with van der Waals surface area (Å²) in [6, 6.07) is 32.2. The molecule has 0 saturated heterocycles. The molecule has 4 aromatic carbocycles. The van der Waals surface area contributed by atoms with E-state index in [1.165, 1.54) is 23.9 Å². The first-order valence-electron chi connectivity index (χ1n) is 23.8. The van der Waals surface area contributed by atoms with E-state index in [4.69, 9.17) is 33.7 Å². The van der Waals surface area contributed by atoms with E-state index in [1.54, 1.807) is 89.1 Å². The average Bonchev–Trinajstić information content (AvgIpc) is 3.43. The number of ether oxygens (including phenoxy) is 5. The number of methoxy groups -OCH3 is 4. The number of nitrogens with zero attached hydrogens (tertiary/aromatic N) is 6. The van der Waals surface area contributed by atoms with Gasteiger partial charge in [0.05, 0.1) is 66.1 Å². The maximum Gasteiger partial charge on any atom is 0.239 e. The lowest BCUT2D eigenvalue weighted by atomic mass is 10.1. The number of rotatable bonds is 26. The van der Waals surface area contributed by atoms with Gasteiger partial charge in [0, 0.05) is 87.3 Å². The van der Waals surface area contributed by atoms with E-state index in [0.717, 1.165) is 11.1 Å². The van der Waals surface area contributed by atoms with Crippen LogP contribution in [-0.4, -0.2) is 147 Å². The normalized spacial score (nSPS) is 10.6. The lowest BCUT2D eigenvalue weighted by Gasteiger charge is -2.17. The Morgan fingerprint density at radius 1 is 0.427 bits per heavy atom. The molecule has 0 unspecified atom stereocenters. The van der Waals surface area contributed by atoms with Crippen LogP contribution in [0.15, 0.2) is 109 Å². The van der Waals surface area contributed by atoms with Crippen molar-refractivity contribution in [2.45, 2.75) is 25.7 Å². The number of carbonyl (C=O) groups excluding carboxylic acids is 6. The van der Waals surface area contributed by atoms with Crippen molar-refractivity contribution in [1.82, 2.24) is 40.4 Å². The van der Waals surface area contributed by atoms with Crippen LogP contribution in [-0.2, 0) is 33.5 Å². The highest BCUT2D eigenvalue weighted by molar-refractivity contribution is 5.95. The summed E-state index contributed by atoms with van der Waals surface area (Å²) in [5.74, 6) is 1.33. The second-order valence-corrected chi connectivity index (χ2v) is 16.7. The molecule has 6 rings (SSSR count). The lowest BCUT2D eigenvalue weighted by molar-refractivity contribution is -0.135. The Bertz CT molecular complexity index is 2580. The molecule has 75 heavy (non-hydrogen) atoms. The van der Waals surface area contributed by atoms with Crippen LogP contribution in [0, 0.1) is 0 Å². The molecule has 0 radical (unpaired) electrons. The standard InChI is InChI=1S/C54H60N10O11/c1-63(51(69)25-23-47(65)59-45-31-43(35-7-15-39(71-3)16-8-35)57-53(61-45)37-11-19-41(73-5)20-12-37)33-49(67)55-27-29-75-30-28-56-50(68)34-64(2)52(70)26-24-48(66)60-46-32-44(36-9-17-40(72-4)18-10-36)58-54(62-46)38-13-21-42(74-6)22-14-38/h7-22,31-32H,23-30,33-34H2,1-6H3,(H,55,67)(H,56,68)(H,57,59,61,65)(H,58,60,62,66). The Kier molecular flexibility index (Phi) is 20.5. The third kappa shape index (κ3) is 17.1. The molecule has 6 aromatic rings. The first-order valence-corrected chi connectivity index (χ1v) is 23.8. The van der Waals surface area contributed by atoms with Crippen molar-refractivity contribution in [1.29, 1.82) is 0 Å². The maximum atomic E-state index is 13.0. The van der Waals surface area contributed by atoms with E-state index in [0.29, 0.717) is 57.2 Å². The average molecular weight is 1030 g/mol. The predicted octanol–water partition coefficient (Wildman–Crippen LogP) is 5.27. The number of aromatic nitrogens is 4. The second-order valence-electron chi connectivity index (χ2n) is 16.7. The van der Waals surface area contributed by atoms with Crippen LogP contribution >= 0.6 is 0 Å². The third-order valence-corrected chi connectivity index (χ3v) is 11.3. The van der Waals surface area contributed by atoms with Gasteiger partial charge in [0.2, 0.25) is 35.4 Å². The number of nitrogens with one attached hydrogen (secondary N) is 4. The molecule has 2 heterocycles. The van der Waals surface area contributed by atoms with Gasteiger partial charge in [-0.2, -0.15) is 0 Å². The number of anilines is 2.